The molecule has 0 aliphatic heterocycles. The second-order valence-electron chi connectivity index (χ2n) is 7.09. The Bertz CT molecular complexity index is 1070. The highest BCUT2D eigenvalue weighted by Crippen LogP contribution is 2.19. The second-order valence-corrected chi connectivity index (χ2v) is 7.09. The first-order chi connectivity index (χ1) is 15.5. The van der Waals surface area contributed by atoms with Crippen LogP contribution >= 0.6 is 0 Å². The third kappa shape index (κ3) is 5.86. The lowest BCUT2D eigenvalue weighted by molar-refractivity contribution is -0.146. The van der Waals surface area contributed by atoms with Crippen LogP contribution < -0.4 is 10.6 Å². The Morgan fingerprint density at radius 1 is 1.00 bits per heavy atom. The number of aliphatic hydroxyl groups excluding tert-OH is 1. The number of benzene rings is 2. The number of rotatable bonds is 9. The molecule has 0 aliphatic carbocycles. The van der Waals surface area contributed by atoms with Crippen molar-refractivity contribution in [2.75, 3.05) is 13.7 Å². The number of hydrogen-bond acceptors (Lipinski definition) is 6. The van der Waals surface area contributed by atoms with Crippen LogP contribution in [0, 0.1) is 0 Å². The van der Waals surface area contributed by atoms with Gasteiger partial charge in [0.25, 0.3) is 0 Å². The van der Waals surface area contributed by atoms with Gasteiger partial charge in [-0.15, -0.1) is 0 Å². The van der Waals surface area contributed by atoms with Crippen LogP contribution in [0.1, 0.15) is 11.1 Å². The normalized spacial score (nSPS) is 12.6. The van der Waals surface area contributed by atoms with Crippen LogP contribution in [0.3, 0.4) is 0 Å². The molecule has 4 N–H and O–H groups in total. The number of amides is 2. The molecule has 32 heavy (non-hydrogen) atoms. The Morgan fingerprint density at radius 3 is 2.44 bits per heavy atom. The van der Waals surface area contributed by atoms with Gasteiger partial charge in [-0.1, -0.05) is 48.5 Å². The number of fused-ring (bicyclic) bond motifs is 1. The number of carbonyl (C=O) groups excluding carboxylic acids is 3. The number of aromatic amines is 1. The number of ether oxygens (including phenoxy) is 2. The molecular formula is C23H25N3O6. The van der Waals surface area contributed by atoms with Gasteiger partial charge in [0.15, 0.2) is 6.04 Å². The summed E-state index contributed by atoms with van der Waals surface area (Å²) in [5.41, 5.74) is 2.48. The molecule has 0 aliphatic rings. The lowest BCUT2D eigenvalue weighted by atomic mass is 10.0. The first-order valence-corrected chi connectivity index (χ1v) is 10.0. The van der Waals surface area contributed by atoms with Gasteiger partial charge in [0, 0.05) is 23.5 Å². The smallest absolute Gasteiger partial charge is 0.408 e. The van der Waals surface area contributed by atoms with Gasteiger partial charge in [-0.25, -0.2) is 9.59 Å². The molecule has 1 aromatic heterocycles. The lowest BCUT2D eigenvalue weighted by Crippen LogP contribution is -2.53. The molecule has 3 rings (SSSR count). The molecule has 2 aromatic carbocycles. The Morgan fingerprint density at radius 2 is 1.72 bits per heavy atom. The van der Waals surface area contributed by atoms with Crippen molar-refractivity contribution >= 4 is 28.9 Å². The molecule has 2 atom stereocenters. The van der Waals surface area contributed by atoms with Crippen molar-refractivity contribution in [1.29, 1.82) is 0 Å². The molecule has 168 valence electrons. The number of alkyl carbamates (subject to hydrolysis) is 1. The van der Waals surface area contributed by atoms with Crippen molar-refractivity contribution in [3.8, 4) is 0 Å². The molecule has 0 radical (unpaired) electrons. The maximum Gasteiger partial charge on any atom is 0.408 e. The number of para-hydroxylation sites is 1. The predicted molar refractivity (Wildman–Crippen MR) is 117 cm³/mol. The van der Waals surface area contributed by atoms with Gasteiger partial charge >= 0.3 is 12.1 Å². The Kier molecular flexibility index (Phi) is 7.82. The van der Waals surface area contributed by atoms with Gasteiger partial charge < -0.3 is 30.2 Å². The highest BCUT2D eigenvalue weighted by atomic mass is 16.5. The van der Waals surface area contributed by atoms with E-state index in [2.05, 4.69) is 20.4 Å². The summed E-state index contributed by atoms with van der Waals surface area (Å²) in [4.78, 5) is 40.2. The molecule has 1 heterocycles. The van der Waals surface area contributed by atoms with E-state index in [0.717, 1.165) is 29.1 Å². The molecule has 0 fully saturated rings. The molecule has 0 saturated carbocycles. The summed E-state index contributed by atoms with van der Waals surface area (Å²) in [7, 11) is 1.15. The van der Waals surface area contributed by atoms with Crippen molar-refractivity contribution in [2.24, 2.45) is 0 Å². The maximum absolute atomic E-state index is 12.9. The number of hydrogen-bond donors (Lipinski definition) is 4. The lowest BCUT2D eigenvalue weighted by Gasteiger charge is -2.21. The minimum absolute atomic E-state index is 0.0372. The Labute approximate surface area is 184 Å². The van der Waals surface area contributed by atoms with E-state index in [-0.39, 0.29) is 13.0 Å². The zero-order chi connectivity index (χ0) is 22.9. The predicted octanol–water partition coefficient (Wildman–Crippen LogP) is 1.66. The molecule has 2 amide bonds. The van der Waals surface area contributed by atoms with Gasteiger partial charge in [-0.05, 0) is 17.2 Å². The van der Waals surface area contributed by atoms with Crippen molar-refractivity contribution in [1.82, 2.24) is 15.6 Å². The van der Waals surface area contributed by atoms with Crippen molar-refractivity contribution in [3.63, 3.8) is 0 Å². The fraction of sp³-hybridized carbons (Fsp3) is 0.261. The summed E-state index contributed by atoms with van der Waals surface area (Å²) in [6.07, 6.45) is 1.11. The zero-order valence-electron chi connectivity index (χ0n) is 17.5. The quantitative estimate of drug-likeness (QED) is 0.375. The van der Waals surface area contributed by atoms with E-state index < -0.39 is 36.7 Å². The molecule has 3 aromatic rings. The molecule has 0 bridgehead atoms. The zero-order valence-corrected chi connectivity index (χ0v) is 17.5. The molecule has 9 nitrogen and oxygen atoms in total. The van der Waals surface area contributed by atoms with E-state index in [9.17, 15) is 19.5 Å². The first kappa shape index (κ1) is 22.8. The summed E-state index contributed by atoms with van der Waals surface area (Å²) in [6.45, 7) is -0.605. The maximum atomic E-state index is 12.9. The van der Waals surface area contributed by atoms with Crippen LogP contribution in [0.4, 0.5) is 4.79 Å². The van der Waals surface area contributed by atoms with E-state index in [4.69, 9.17) is 4.74 Å². The Hall–Kier alpha value is -3.85. The highest BCUT2D eigenvalue weighted by Gasteiger charge is 2.28. The summed E-state index contributed by atoms with van der Waals surface area (Å²) >= 11 is 0. The fourth-order valence-corrected chi connectivity index (χ4v) is 3.23. The number of esters is 1. The summed E-state index contributed by atoms with van der Waals surface area (Å²) < 4.78 is 9.82. The van der Waals surface area contributed by atoms with Gasteiger partial charge in [0.05, 0.1) is 13.7 Å². The number of H-pyrrole nitrogens is 1. The monoisotopic (exact) mass is 439 g/mol. The molecule has 0 saturated heterocycles. The van der Waals surface area contributed by atoms with Crippen LogP contribution in [0.5, 0.6) is 0 Å². The number of methoxy groups -OCH3 is 1. The minimum Gasteiger partial charge on any atom is -0.467 e. The second kappa shape index (κ2) is 11.0. The summed E-state index contributed by atoms with van der Waals surface area (Å²) in [5, 5.41) is 15.3. The van der Waals surface area contributed by atoms with E-state index in [0.29, 0.717) is 0 Å². The number of carbonyl (C=O) groups is 3. The van der Waals surface area contributed by atoms with Gasteiger partial charge in [-0.3, -0.25) is 4.79 Å². The van der Waals surface area contributed by atoms with Crippen LogP contribution in [0.25, 0.3) is 10.9 Å². The number of aliphatic hydroxyl groups is 1. The average molecular weight is 439 g/mol. The van der Waals surface area contributed by atoms with E-state index in [1.165, 1.54) is 0 Å². The fourth-order valence-electron chi connectivity index (χ4n) is 3.23. The van der Waals surface area contributed by atoms with Crippen LogP contribution in [-0.2, 0) is 32.1 Å². The van der Waals surface area contributed by atoms with Crippen LogP contribution in [-0.4, -0.2) is 53.9 Å². The van der Waals surface area contributed by atoms with E-state index in [1.807, 2.05) is 54.6 Å². The molecular weight excluding hydrogens is 414 g/mol. The van der Waals surface area contributed by atoms with Crippen LogP contribution in [0.2, 0.25) is 0 Å². The van der Waals surface area contributed by atoms with Gasteiger partial charge in [0.2, 0.25) is 5.91 Å². The summed E-state index contributed by atoms with van der Waals surface area (Å²) in [5.74, 6) is -1.45. The third-order valence-corrected chi connectivity index (χ3v) is 4.91. The summed E-state index contributed by atoms with van der Waals surface area (Å²) in [6, 6.07) is 14.4. The van der Waals surface area contributed by atoms with E-state index in [1.54, 1.807) is 6.20 Å². The standard InChI is InChI=1S/C23H25N3O6/c1-31-22(29)20(13-27)25-21(28)19(11-16-12-24-18-10-6-5-9-17(16)18)26-23(30)32-14-15-7-3-2-4-8-15/h2-10,12,19-20,24,27H,11,13-14H2,1H3,(H,25,28)(H,26,30). The largest absolute Gasteiger partial charge is 0.467 e. The SMILES string of the molecule is COC(=O)C(CO)NC(=O)C(Cc1c[nH]c2ccccc12)NC(=O)OCc1ccccc1. The number of nitrogens with one attached hydrogen (secondary N) is 3. The topological polar surface area (TPSA) is 130 Å². The first-order valence-electron chi connectivity index (χ1n) is 10.0. The van der Waals surface area contributed by atoms with Gasteiger partial charge in [-0.2, -0.15) is 0 Å². The van der Waals surface area contributed by atoms with Crippen molar-refractivity contribution < 1.29 is 29.0 Å². The number of aromatic nitrogens is 1. The molecule has 9 heteroatoms. The van der Waals surface area contributed by atoms with Crippen LogP contribution in [0.15, 0.2) is 60.8 Å². The van der Waals surface area contributed by atoms with E-state index >= 15 is 0 Å². The van der Waals surface area contributed by atoms with Crippen molar-refractivity contribution in [3.05, 3.63) is 71.9 Å². The molecule has 0 spiro atoms. The third-order valence-electron chi connectivity index (χ3n) is 4.91. The molecule has 2 unspecified atom stereocenters. The Balaban J connectivity index is 1.74. The van der Waals surface area contributed by atoms with Gasteiger partial charge in [0.1, 0.15) is 12.6 Å². The highest BCUT2D eigenvalue weighted by molar-refractivity contribution is 5.91. The average Bonchev–Trinajstić information content (AvgIpc) is 3.23. The van der Waals surface area contributed by atoms with Crippen molar-refractivity contribution in [2.45, 2.75) is 25.1 Å². The minimum atomic E-state index is -1.25.